The third-order valence-corrected chi connectivity index (χ3v) is 8.09. The van der Waals surface area contributed by atoms with E-state index in [2.05, 4.69) is 13.8 Å². The summed E-state index contributed by atoms with van der Waals surface area (Å²) in [6, 6.07) is 23.8. The summed E-state index contributed by atoms with van der Waals surface area (Å²) in [6.45, 7) is 7.97. The number of carbonyl (C=O) groups is 2. The van der Waals surface area contributed by atoms with Crippen LogP contribution in [0.25, 0.3) is 11.8 Å². The van der Waals surface area contributed by atoms with Crippen molar-refractivity contribution < 1.29 is 23.8 Å². The van der Waals surface area contributed by atoms with Crippen LogP contribution in [0.3, 0.4) is 0 Å². The summed E-state index contributed by atoms with van der Waals surface area (Å²) >= 11 is 1.25. The molecule has 0 radical (unpaired) electrons. The predicted octanol–water partition coefficient (Wildman–Crippen LogP) is 5.00. The van der Waals surface area contributed by atoms with E-state index >= 15 is 0 Å². The Labute approximate surface area is 259 Å². The summed E-state index contributed by atoms with van der Waals surface area (Å²) in [4.78, 5) is 44.9. The van der Waals surface area contributed by atoms with E-state index in [9.17, 15) is 14.4 Å². The zero-order valence-corrected chi connectivity index (χ0v) is 25.9. The molecular weight excluding hydrogens is 576 g/mol. The third kappa shape index (κ3) is 6.58. The Morgan fingerprint density at radius 3 is 2.36 bits per heavy atom. The second-order valence-corrected chi connectivity index (χ2v) is 11.4. The fourth-order valence-corrected chi connectivity index (χ4v) is 6.01. The molecule has 1 atom stereocenters. The normalized spacial score (nSPS) is 14.7. The predicted molar refractivity (Wildman–Crippen MR) is 170 cm³/mol. The Balaban J connectivity index is 1.68. The van der Waals surface area contributed by atoms with Gasteiger partial charge in [0, 0.05) is 5.56 Å². The summed E-state index contributed by atoms with van der Waals surface area (Å²) in [5.74, 6) is -0.185. The van der Waals surface area contributed by atoms with E-state index in [0.717, 1.165) is 16.7 Å². The van der Waals surface area contributed by atoms with Crippen LogP contribution in [0.15, 0.2) is 94.2 Å². The van der Waals surface area contributed by atoms with E-state index in [-0.39, 0.29) is 25.4 Å². The highest BCUT2D eigenvalue weighted by atomic mass is 32.1. The molecule has 0 N–H and O–H groups in total. The van der Waals surface area contributed by atoms with Gasteiger partial charge in [-0.1, -0.05) is 91.9 Å². The molecule has 1 aromatic heterocycles. The number of aromatic nitrogens is 1. The van der Waals surface area contributed by atoms with E-state index < -0.39 is 18.0 Å². The van der Waals surface area contributed by atoms with Crippen LogP contribution in [-0.4, -0.2) is 36.3 Å². The molecule has 0 bridgehead atoms. The topological polar surface area (TPSA) is 96.2 Å². The van der Waals surface area contributed by atoms with Crippen LogP contribution in [0.5, 0.6) is 5.75 Å². The molecule has 0 saturated carbocycles. The minimum Gasteiger partial charge on any atom is -0.482 e. The van der Waals surface area contributed by atoms with Gasteiger partial charge in [0.2, 0.25) is 0 Å². The number of esters is 2. The lowest BCUT2D eigenvalue weighted by Crippen LogP contribution is -2.40. The minimum absolute atomic E-state index is 0.183. The zero-order valence-electron chi connectivity index (χ0n) is 25.1. The van der Waals surface area contributed by atoms with Gasteiger partial charge in [-0.15, -0.1) is 0 Å². The van der Waals surface area contributed by atoms with E-state index in [1.165, 1.54) is 11.3 Å². The summed E-state index contributed by atoms with van der Waals surface area (Å²) in [7, 11) is 0. The highest BCUT2D eigenvalue weighted by molar-refractivity contribution is 7.07. The average molecular weight is 611 g/mol. The summed E-state index contributed by atoms with van der Waals surface area (Å²) in [5.41, 5.74) is 3.90. The van der Waals surface area contributed by atoms with Crippen molar-refractivity contribution in [1.29, 1.82) is 0 Å². The third-order valence-electron chi connectivity index (χ3n) is 7.11. The molecule has 2 heterocycles. The Bertz CT molecular complexity index is 1870. The summed E-state index contributed by atoms with van der Waals surface area (Å²) < 4.78 is 18.1. The molecule has 3 aromatic carbocycles. The maximum Gasteiger partial charge on any atom is 0.344 e. The molecule has 226 valence electrons. The molecule has 5 rings (SSSR count). The lowest BCUT2D eigenvalue weighted by atomic mass is 9.91. The van der Waals surface area contributed by atoms with Crippen molar-refractivity contribution in [2.24, 2.45) is 4.99 Å². The molecule has 0 amide bonds. The van der Waals surface area contributed by atoms with Crippen molar-refractivity contribution in [2.45, 2.75) is 39.7 Å². The number of fused-ring (bicyclic) bond motifs is 1. The van der Waals surface area contributed by atoms with Crippen LogP contribution in [0.2, 0.25) is 0 Å². The van der Waals surface area contributed by atoms with Crippen molar-refractivity contribution in [2.75, 3.05) is 19.8 Å². The summed E-state index contributed by atoms with van der Waals surface area (Å²) in [5, 5.41) is 0. The molecule has 8 nitrogen and oxygen atoms in total. The van der Waals surface area contributed by atoms with Crippen molar-refractivity contribution >= 4 is 35.0 Å². The van der Waals surface area contributed by atoms with Gasteiger partial charge in [-0.2, -0.15) is 0 Å². The van der Waals surface area contributed by atoms with E-state index in [0.29, 0.717) is 37.8 Å². The van der Waals surface area contributed by atoms with Crippen molar-refractivity contribution in [3.05, 3.63) is 126 Å². The van der Waals surface area contributed by atoms with E-state index in [4.69, 9.17) is 19.2 Å². The first-order valence-electron chi connectivity index (χ1n) is 14.6. The van der Waals surface area contributed by atoms with Crippen LogP contribution in [0.4, 0.5) is 0 Å². The molecule has 44 heavy (non-hydrogen) atoms. The Kier molecular flexibility index (Phi) is 9.55. The highest BCUT2D eigenvalue weighted by Crippen LogP contribution is 2.35. The average Bonchev–Trinajstić information content (AvgIpc) is 3.34. The van der Waals surface area contributed by atoms with Gasteiger partial charge in [0.25, 0.3) is 5.56 Å². The van der Waals surface area contributed by atoms with Crippen molar-refractivity contribution in [3.8, 4) is 5.75 Å². The van der Waals surface area contributed by atoms with Crippen molar-refractivity contribution in [1.82, 2.24) is 4.57 Å². The second-order valence-electron chi connectivity index (χ2n) is 10.4. The molecule has 9 heteroatoms. The van der Waals surface area contributed by atoms with Crippen LogP contribution < -0.4 is 19.6 Å². The lowest BCUT2D eigenvalue weighted by molar-refractivity contribution is -0.145. The van der Waals surface area contributed by atoms with Crippen LogP contribution >= 0.6 is 11.3 Å². The molecule has 1 aliphatic rings. The number of hydrogen-bond donors (Lipinski definition) is 0. The molecule has 0 spiro atoms. The number of carbonyl (C=O) groups excluding carboxylic acids is 2. The molecule has 4 aromatic rings. The van der Waals surface area contributed by atoms with E-state index in [1.54, 1.807) is 42.7 Å². The number of benzene rings is 3. The Morgan fingerprint density at radius 1 is 0.955 bits per heavy atom. The largest absolute Gasteiger partial charge is 0.482 e. The maximum atomic E-state index is 14.1. The van der Waals surface area contributed by atoms with Gasteiger partial charge in [0.15, 0.2) is 11.4 Å². The maximum absolute atomic E-state index is 14.1. The first kappa shape index (κ1) is 30.7. The number of thiazole rings is 1. The standard InChI is InChI=1S/C35H34N2O6S/c1-5-41-29(38)21-43-27-14-10-11-23(19-27)20-28-33(39)37-32(26-17-15-24(16-18-26)22(3)4)30(34(40)42-6-2)31(36-35(37)44-28)25-12-8-7-9-13-25/h7-20,22,32H,5-6,21H2,1-4H3/b28-20-/t32-/m0/s1. The zero-order chi connectivity index (χ0) is 31.2. The van der Waals surface area contributed by atoms with Gasteiger partial charge in [-0.3, -0.25) is 9.36 Å². The Morgan fingerprint density at radius 2 is 1.68 bits per heavy atom. The van der Waals surface area contributed by atoms with Crippen LogP contribution in [0, 0.1) is 0 Å². The number of ether oxygens (including phenoxy) is 3. The highest BCUT2D eigenvalue weighted by Gasteiger charge is 2.35. The lowest BCUT2D eigenvalue weighted by Gasteiger charge is -2.26. The van der Waals surface area contributed by atoms with Crippen LogP contribution in [-0.2, 0) is 19.1 Å². The minimum atomic E-state index is -0.747. The number of nitrogens with zero attached hydrogens (tertiary/aromatic N) is 2. The summed E-state index contributed by atoms with van der Waals surface area (Å²) in [6.07, 6.45) is 1.76. The molecule has 1 aliphatic heterocycles. The second kappa shape index (κ2) is 13.7. The smallest absolute Gasteiger partial charge is 0.344 e. The molecule has 0 saturated heterocycles. The van der Waals surface area contributed by atoms with Gasteiger partial charge in [0.05, 0.1) is 35.1 Å². The molecular formula is C35H34N2O6S. The van der Waals surface area contributed by atoms with Gasteiger partial charge < -0.3 is 14.2 Å². The first-order valence-corrected chi connectivity index (χ1v) is 15.4. The number of rotatable bonds is 10. The van der Waals surface area contributed by atoms with Crippen LogP contribution in [0.1, 0.15) is 61.9 Å². The van der Waals surface area contributed by atoms with Gasteiger partial charge in [-0.25, -0.2) is 14.6 Å². The van der Waals surface area contributed by atoms with Gasteiger partial charge in [0.1, 0.15) is 5.75 Å². The quantitative estimate of drug-likeness (QED) is 0.235. The van der Waals surface area contributed by atoms with Gasteiger partial charge in [-0.05, 0) is 54.7 Å². The van der Waals surface area contributed by atoms with E-state index in [1.807, 2.05) is 60.7 Å². The molecule has 0 unspecified atom stereocenters. The molecule has 0 aliphatic carbocycles. The van der Waals surface area contributed by atoms with Gasteiger partial charge >= 0.3 is 11.9 Å². The Hall–Kier alpha value is -4.76. The fourth-order valence-electron chi connectivity index (χ4n) is 5.01. The monoisotopic (exact) mass is 610 g/mol. The fraction of sp³-hybridized carbons (Fsp3) is 0.257. The number of hydrogen-bond acceptors (Lipinski definition) is 8. The first-order chi connectivity index (χ1) is 21.3. The molecule has 0 fully saturated rings. The van der Waals surface area contributed by atoms with Crippen molar-refractivity contribution in [3.63, 3.8) is 0 Å². The SMILES string of the molecule is CCOC(=O)COc1cccc(/C=c2\sc3n(c2=O)[C@@H](c2ccc(C(C)C)cc2)C(C(=O)OCC)=C(c2ccccc2)N=3)c1.